The lowest BCUT2D eigenvalue weighted by molar-refractivity contribution is -0.137. The van der Waals surface area contributed by atoms with E-state index >= 15 is 0 Å². The fourth-order valence-electron chi connectivity index (χ4n) is 1.86. The van der Waals surface area contributed by atoms with Crippen LogP contribution < -0.4 is 10.5 Å². The number of hydrogen-bond donors (Lipinski definition) is 2. The van der Waals surface area contributed by atoms with Crippen LogP contribution in [-0.2, 0) is 21.0 Å². The summed E-state index contributed by atoms with van der Waals surface area (Å²) in [6.45, 7) is 1.52. The lowest BCUT2D eigenvalue weighted by Crippen LogP contribution is -2.22. The average Bonchev–Trinajstić information content (AvgIpc) is 2.55. The van der Waals surface area contributed by atoms with Gasteiger partial charge in [-0.3, -0.25) is 4.79 Å². The van der Waals surface area contributed by atoms with Crippen molar-refractivity contribution in [3.8, 4) is 0 Å². The number of alkyl halides is 3. The standard InChI is InChI=1S/C15H13ClF3N3O3S2/c1-8(26-14-12(16)6-9(7-21-14)15(17,18)19)13(23)22-10-2-4-11(5-3-10)27(20,24)25/h2-8H,1H3,(H,22,23)(H2,20,24,25)/t8-/m1/s1. The number of anilines is 1. The monoisotopic (exact) mass is 439 g/mol. The summed E-state index contributed by atoms with van der Waals surface area (Å²) in [5, 5.41) is 6.67. The van der Waals surface area contributed by atoms with Crippen molar-refractivity contribution in [2.24, 2.45) is 5.14 Å². The molecular formula is C15H13ClF3N3O3S2. The second-order valence-electron chi connectivity index (χ2n) is 5.33. The van der Waals surface area contributed by atoms with Crippen LogP contribution in [0.5, 0.6) is 0 Å². The number of carbonyl (C=O) groups is 1. The van der Waals surface area contributed by atoms with Crippen molar-refractivity contribution in [1.29, 1.82) is 0 Å². The maximum Gasteiger partial charge on any atom is 0.417 e. The molecular weight excluding hydrogens is 427 g/mol. The molecule has 146 valence electrons. The molecule has 0 saturated carbocycles. The molecule has 0 unspecified atom stereocenters. The lowest BCUT2D eigenvalue weighted by atomic mass is 10.3. The predicted octanol–water partition coefficient (Wildman–Crippen LogP) is 3.52. The molecule has 1 atom stereocenters. The Kier molecular flexibility index (Phi) is 6.40. The Hall–Kier alpha value is -1.82. The summed E-state index contributed by atoms with van der Waals surface area (Å²) in [7, 11) is -3.84. The topological polar surface area (TPSA) is 102 Å². The molecule has 12 heteroatoms. The minimum absolute atomic E-state index is 0.0805. The maximum atomic E-state index is 12.6. The molecule has 0 spiro atoms. The van der Waals surface area contributed by atoms with Crippen LogP contribution in [0, 0.1) is 0 Å². The van der Waals surface area contributed by atoms with Crippen LogP contribution in [0.4, 0.5) is 18.9 Å². The van der Waals surface area contributed by atoms with Crippen LogP contribution in [0.15, 0.2) is 46.5 Å². The summed E-state index contributed by atoms with van der Waals surface area (Å²) in [5.74, 6) is -0.471. The number of nitrogens with one attached hydrogen (secondary N) is 1. The van der Waals surface area contributed by atoms with Gasteiger partial charge in [-0.2, -0.15) is 13.2 Å². The molecule has 1 aromatic heterocycles. The first kappa shape index (κ1) is 21.5. The number of nitrogens with two attached hydrogens (primary N) is 1. The van der Waals surface area contributed by atoms with Crippen molar-refractivity contribution in [3.05, 3.63) is 47.1 Å². The highest BCUT2D eigenvalue weighted by atomic mass is 35.5. The van der Waals surface area contributed by atoms with E-state index in [1.54, 1.807) is 0 Å². The quantitative estimate of drug-likeness (QED) is 0.694. The molecule has 3 N–H and O–H groups in total. The lowest BCUT2D eigenvalue weighted by Gasteiger charge is -2.13. The van der Waals surface area contributed by atoms with Crippen LogP contribution in [0.2, 0.25) is 5.02 Å². The van der Waals surface area contributed by atoms with Gasteiger partial charge in [0.25, 0.3) is 0 Å². The molecule has 1 amide bonds. The van der Waals surface area contributed by atoms with Crippen molar-refractivity contribution < 1.29 is 26.4 Å². The van der Waals surface area contributed by atoms with E-state index in [1.807, 2.05) is 0 Å². The van der Waals surface area contributed by atoms with Crippen LogP contribution >= 0.6 is 23.4 Å². The van der Waals surface area contributed by atoms with E-state index in [2.05, 4.69) is 10.3 Å². The number of hydrogen-bond acceptors (Lipinski definition) is 5. The summed E-state index contributed by atoms with van der Waals surface area (Å²) in [5.41, 5.74) is -0.657. The molecule has 2 aromatic rings. The summed E-state index contributed by atoms with van der Waals surface area (Å²) in [6.07, 6.45) is -3.92. The van der Waals surface area contributed by atoms with Crippen LogP contribution in [0.25, 0.3) is 0 Å². The summed E-state index contributed by atoms with van der Waals surface area (Å²) in [4.78, 5) is 15.8. The van der Waals surface area contributed by atoms with Gasteiger partial charge in [0.15, 0.2) is 0 Å². The zero-order valence-electron chi connectivity index (χ0n) is 13.6. The predicted molar refractivity (Wildman–Crippen MR) is 96.0 cm³/mol. The van der Waals surface area contributed by atoms with Crippen molar-refractivity contribution in [1.82, 2.24) is 4.98 Å². The third kappa shape index (κ3) is 5.83. The molecule has 27 heavy (non-hydrogen) atoms. The zero-order valence-corrected chi connectivity index (χ0v) is 16.0. The third-order valence-corrected chi connectivity index (χ3v) is 5.69. The molecule has 0 aliphatic rings. The minimum atomic E-state index is -4.56. The van der Waals surface area contributed by atoms with E-state index in [1.165, 1.54) is 31.2 Å². The second-order valence-corrected chi connectivity index (χ2v) is 8.63. The number of thioether (sulfide) groups is 1. The Morgan fingerprint density at radius 2 is 1.89 bits per heavy atom. The Balaban J connectivity index is 2.06. The van der Waals surface area contributed by atoms with Crippen molar-refractivity contribution in [3.63, 3.8) is 0 Å². The van der Waals surface area contributed by atoms with E-state index < -0.39 is 32.9 Å². The largest absolute Gasteiger partial charge is 0.417 e. The molecule has 0 aliphatic heterocycles. The summed E-state index contributed by atoms with van der Waals surface area (Å²) >= 11 is 6.71. The fourth-order valence-corrected chi connectivity index (χ4v) is 3.46. The Morgan fingerprint density at radius 3 is 2.37 bits per heavy atom. The van der Waals surface area contributed by atoms with Crippen LogP contribution in [-0.4, -0.2) is 24.6 Å². The van der Waals surface area contributed by atoms with Gasteiger partial charge in [0.2, 0.25) is 15.9 Å². The first-order valence-electron chi connectivity index (χ1n) is 7.21. The van der Waals surface area contributed by atoms with Gasteiger partial charge in [-0.1, -0.05) is 23.4 Å². The van der Waals surface area contributed by atoms with E-state index in [0.29, 0.717) is 11.9 Å². The van der Waals surface area contributed by atoms with E-state index in [9.17, 15) is 26.4 Å². The number of rotatable bonds is 5. The van der Waals surface area contributed by atoms with E-state index in [-0.39, 0.29) is 14.9 Å². The van der Waals surface area contributed by atoms with Gasteiger partial charge in [0.1, 0.15) is 5.03 Å². The number of benzene rings is 1. The highest BCUT2D eigenvalue weighted by Crippen LogP contribution is 2.35. The van der Waals surface area contributed by atoms with Gasteiger partial charge in [-0.15, -0.1) is 0 Å². The highest BCUT2D eigenvalue weighted by molar-refractivity contribution is 8.00. The number of primary sulfonamides is 1. The first-order chi connectivity index (χ1) is 12.4. The van der Waals surface area contributed by atoms with Gasteiger partial charge in [0, 0.05) is 11.9 Å². The second kappa shape index (κ2) is 8.05. The maximum absolute atomic E-state index is 12.6. The SMILES string of the molecule is C[C@@H](Sc1ncc(C(F)(F)F)cc1Cl)C(=O)Nc1ccc(S(N)(=O)=O)cc1. The Labute approximate surface area is 162 Å². The number of sulfonamides is 1. The molecule has 0 saturated heterocycles. The number of nitrogens with zero attached hydrogens (tertiary/aromatic N) is 1. The molecule has 0 fully saturated rings. The van der Waals surface area contributed by atoms with Gasteiger partial charge in [-0.25, -0.2) is 18.5 Å². The number of amides is 1. The molecule has 1 aromatic carbocycles. The normalized spacial score (nSPS) is 13.3. The Morgan fingerprint density at radius 1 is 1.30 bits per heavy atom. The van der Waals surface area contributed by atoms with Gasteiger partial charge >= 0.3 is 6.18 Å². The molecule has 0 radical (unpaired) electrons. The number of carbonyl (C=O) groups excluding carboxylic acids is 1. The van der Waals surface area contributed by atoms with Gasteiger partial charge < -0.3 is 5.32 Å². The van der Waals surface area contributed by atoms with Crippen molar-refractivity contribution >= 4 is 45.0 Å². The van der Waals surface area contributed by atoms with E-state index in [4.69, 9.17) is 16.7 Å². The van der Waals surface area contributed by atoms with Gasteiger partial charge in [-0.05, 0) is 37.3 Å². The summed E-state index contributed by atoms with van der Waals surface area (Å²) in [6, 6.07) is 5.93. The molecule has 0 bridgehead atoms. The Bertz CT molecular complexity index is 951. The number of aromatic nitrogens is 1. The van der Waals surface area contributed by atoms with Crippen molar-refractivity contribution in [2.45, 2.75) is 28.3 Å². The zero-order chi connectivity index (χ0) is 20.4. The third-order valence-electron chi connectivity index (χ3n) is 3.24. The number of halogens is 4. The molecule has 1 heterocycles. The van der Waals surface area contributed by atoms with Crippen LogP contribution in [0.1, 0.15) is 12.5 Å². The molecule has 6 nitrogen and oxygen atoms in total. The van der Waals surface area contributed by atoms with Crippen LogP contribution in [0.3, 0.4) is 0 Å². The average molecular weight is 440 g/mol. The molecule has 2 rings (SSSR count). The fraction of sp³-hybridized carbons (Fsp3) is 0.200. The smallest absolute Gasteiger partial charge is 0.325 e. The van der Waals surface area contributed by atoms with Gasteiger partial charge in [0.05, 0.1) is 20.7 Å². The minimum Gasteiger partial charge on any atom is -0.325 e. The highest BCUT2D eigenvalue weighted by Gasteiger charge is 2.32. The van der Waals surface area contributed by atoms with Crippen molar-refractivity contribution in [2.75, 3.05) is 5.32 Å². The number of pyridine rings is 1. The van der Waals surface area contributed by atoms with E-state index in [0.717, 1.165) is 17.8 Å². The summed E-state index contributed by atoms with van der Waals surface area (Å²) < 4.78 is 60.2. The molecule has 0 aliphatic carbocycles. The first-order valence-corrected chi connectivity index (χ1v) is 10.0.